The van der Waals surface area contributed by atoms with Gasteiger partial charge in [-0.15, -0.1) is 0 Å². The number of nitrogens with one attached hydrogen (secondary N) is 1. The van der Waals surface area contributed by atoms with Crippen molar-refractivity contribution in [2.45, 2.75) is 65.1 Å². The molecule has 4 amide bonds. The lowest BCUT2D eigenvalue weighted by Crippen LogP contribution is -2.50. The van der Waals surface area contributed by atoms with Gasteiger partial charge in [-0.2, -0.15) is 0 Å². The molecule has 1 fully saturated rings. The van der Waals surface area contributed by atoms with Gasteiger partial charge in [-0.25, -0.2) is 4.79 Å². The number of hydrogen-bond acceptors (Lipinski definition) is 5. The van der Waals surface area contributed by atoms with Gasteiger partial charge in [-0.3, -0.25) is 14.5 Å². The number of amides is 4. The first kappa shape index (κ1) is 21.9. The third-order valence-corrected chi connectivity index (χ3v) is 6.11. The number of carbonyl (C=O) groups excluding carboxylic acids is 3. The van der Waals surface area contributed by atoms with Crippen molar-refractivity contribution in [3.05, 3.63) is 23.8 Å². The van der Waals surface area contributed by atoms with Crippen LogP contribution in [-0.4, -0.2) is 59.5 Å². The molecular weight excluding hydrogens is 386 g/mol. The fraction of sp³-hybridized carbons (Fsp3) is 0.591. The van der Waals surface area contributed by atoms with Gasteiger partial charge in [0, 0.05) is 12.1 Å². The fourth-order valence-corrected chi connectivity index (χ4v) is 3.93. The van der Waals surface area contributed by atoms with Crippen LogP contribution in [-0.2, 0) is 15.1 Å². The van der Waals surface area contributed by atoms with Crippen LogP contribution < -0.4 is 14.8 Å². The lowest BCUT2D eigenvalue weighted by atomic mass is 9.91. The molecule has 2 heterocycles. The monoisotopic (exact) mass is 417 g/mol. The van der Waals surface area contributed by atoms with Gasteiger partial charge in [0.05, 0.1) is 0 Å². The van der Waals surface area contributed by atoms with Crippen LogP contribution >= 0.6 is 0 Å². The Morgan fingerprint density at radius 1 is 1.13 bits per heavy atom. The van der Waals surface area contributed by atoms with Crippen LogP contribution in [0.3, 0.4) is 0 Å². The van der Waals surface area contributed by atoms with Crippen LogP contribution in [0.25, 0.3) is 0 Å². The molecule has 0 saturated carbocycles. The number of nitrogens with zero attached hydrogens (tertiary/aromatic N) is 2. The standard InChI is InChI=1S/C22H31N3O5/c1-6-14(3)25(15(4)7-2)19(26)13-24-20(27)22(5,23-21(24)28)16-8-9-17-18(12-16)30-11-10-29-17/h8-9,12,14-15H,6-7,10-11,13H2,1-5H3,(H,23,28)/t14-,15-,22+/m0/s1. The number of urea groups is 1. The highest BCUT2D eigenvalue weighted by molar-refractivity contribution is 6.09. The molecule has 0 unspecified atom stereocenters. The number of ether oxygens (including phenoxy) is 2. The first-order valence-electron chi connectivity index (χ1n) is 10.6. The Labute approximate surface area is 177 Å². The SMILES string of the molecule is CC[C@H](C)N(C(=O)CN1C(=O)N[C@](C)(c2ccc3c(c2)OCCO3)C1=O)[C@@H](C)CC. The summed E-state index contributed by atoms with van der Waals surface area (Å²) in [7, 11) is 0. The Balaban J connectivity index is 1.82. The van der Waals surface area contributed by atoms with Crippen LogP contribution in [0.4, 0.5) is 4.79 Å². The summed E-state index contributed by atoms with van der Waals surface area (Å²) in [5, 5.41) is 2.75. The number of fused-ring (bicyclic) bond motifs is 1. The Kier molecular flexibility index (Phi) is 6.24. The van der Waals surface area contributed by atoms with E-state index in [1.807, 2.05) is 27.7 Å². The molecule has 0 bridgehead atoms. The van der Waals surface area contributed by atoms with E-state index < -0.39 is 17.5 Å². The van der Waals surface area contributed by atoms with Crippen molar-refractivity contribution in [1.82, 2.24) is 15.1 Å². The topological polar surface area (TPSA) is 88.2 Å². The molecule has 1 aromatic rings. The quantitative estimate of drug-likeness (QED) is 0.689. The van der Waals surface area contributed by atoms with Gasteiger partial charge in [-0.05, 0) is 51.3 Å². The zero-order valence-electron chi connectivity index (χ0n) is 18.4. The summed E-state index contributed by atoms with van der Waals surface area (Å²) in [6.07, 6.45) is 1.59. The number of imide groups is 1. The van der Waals surface area contributed by atoms with Crippen LogP contribution in [0.2, 0.25) is 0 Å². The molecule has 8 heteroatoms. The van der Waals surface area contributed by atoms with Gasteiger partial charge in [0.1, 0.15) is 25.3 Å². The Hall–Kier alpha value is -2.77. The van der Waals surface area contributed by atoms with Crippen LogP contribution in [0.1, 0.15) is 53.0 Å². The highest BCUT2D eigenvalue weighted by atomic mass is 16.6. The molecule has 8 nitrogen and oxygen atoms in total. The molecular formula is C22H31N3O5. The predicted molar refractivity (Wildman–Crippen MR) is 111 cm³/mol. The fourth-order valence-electron chi connectivity index (χ4n) is 3.93. The molecule has 30 heavy (non-hydrogen) atoms. The third-order valence-electron chi connectivity index (χ3n) is 6.11. The van der Waals surface area contributed by atoms with Crippen LogP contribution in [0, 0.1) is 0 Å². The minimum absolute atomic E-state index is 0.0254. The molecule has 2 aliphatic rings. The Morgan fingerprint density at radius 2 is 1.73 bits per heavy atom. The summed E-state index contributed by atoms with van der Waals surface area (Å²) in [4.78, 5) is 41.7. The molecule has 1 aromatic carbocycles. The zero-order valence-corrected chi connectivity index (χ0v) is 18.4. The van der Waals surface area contributed by atoms with E-state index in [0.29, 0.717) is 30.3 Å². The van der Waals surface area contributed by atoms with Gasteiger partial charge < -0.3 is 19.7 Å². The minimum atomic E-state index is -1.27. The number of hydrogen-bond donors (Lipinski definition) is 1. The van der Waals surface area contributed by atoms with Gasteiger partial charge in [0.15, 0.2) is 11.5 Å². The van der Waals surface area contributed by atoms with E-state index in [9.17, 15) is 14.4 Å². The average molecular weight is 418 g/mol. The second kappa shape index (κ2) is 8.53. The van der Waals surface area contributed by atoms with Crippen molar-refractivity contribution in [3.63, 3.8) is 0 Å². The summed E-state index contributed by atoms with van der Waals surface area (Å²) < 4.78 is 11.1. The molecule has 0 aliphatic carbocycles. The van der Waals surface area contributed by atoms with E-state index in [2.05, 4.69) is 5.32 Å². The average Bonchev–Trinajstić information content (AvgIpc) is 2.97. The Morgan fingerprint density at radius 3 is 2.33 bits per heavy atom. The third kappa shape index (κ3) is 3.82. The highest BCUT2D eigenvalue weighted by Gasteiger charge is 2.50. The van der Waals surface area contributed by atoms with E-state index in [4.69, 9.17) is 9.47 Å². The molecule has 3 rings (SSSR count). The molecule has 1 N–H and O–H groups in total. The second-order valence-corrected chi connectivity index (χ2v) is 8.12. The summed E-state index contributed by atoms with van der Waals surface area (Å²) in [5.41, 5.74) is -0.689. The lowest BCUT2D eigenvalue weighted by Gasteiger charge is -2.35. The zero-order chi connectivity index (χ0) is 22.1. The van der Waals surface area contributed by atoms with Crippen molar-refractivity contribution in [3.8, 4) is 11.5 Å². The normalized spacial score (nSPS) is 22.5. The van der Waals surface area contributed by atoms with E-state index >= 15 is 0 Å². The van der Waals surface area contributed by atoms with Crippen molar-refractivity contribution >= 4 is 17.8 Å². The van der Waals surface area contributed by atoms with Crippen molar-refractivity contribution < 1.29 is 23.9 Å². The first-order chi connectivity index (χ1) is 14.2. The highest BCUT2D eigenvalue weighted by Crippen LogP contribution is 2.36. The molecule has 0 spiro atoms. The van der Waals surface area contributed by atoms with Gasteiger partial charge >= 0.3 is 6.03 Å². The number of rotatable bonds is 7. The van der Waals surface area contributed by atoms with Gasteiger partial charge in [0.25, 0.3) is 5.91 Å². The van der Waals surface area contributed by atoms with Crippen molar-refractivity contribution in [2.75, 3.05) is 19.8 Å². The minimum Gasteiger partial charge on any atom is -0.486 e. The maximum atomic E-state index is 13.2. The summed E-state index contributed by atoms with van der Waals surface area (Å²) in [6, 6.07) is 4.66. The van der Waals surface area contributed by atoms with E-state index in [1.54, 1.807) is 30.0 Å². The molecule has 164 valence electrons. The summed E-state index contributed by atoms with van der Waals surface area (Å²) in [5.74, 6) is 0.464. The summed E-state index contributed by atoms with van der Waals surface area (Å²) >= 11 is 0. The Bertz CT molecular complexity index is 832. The van der Waals surface area contributed by atoms with E-state index in [1.165, 1.54) is 0 Å². The lowest BCUT2D eigenvalue weighted by molar-refractivity contribution is -0.141. The first-order valence-corrected chi connectivity index (χ1v) is 10.6. The smallest absolute Gasteiger partial charge is 0.325 e. The van der Waals surface area contributed by atoms with E-state index in [-0.39, 0.29) is 24.5 Å². The molecule has 3 atom stereocenters. The second-order valence-electron chi connectivity index (χ2n) is 8.12. The van der Waals surface area contributed by atoms with Crippen LogP contribution in [0.5, 0.6) is 11.5 Å². The number of carbonyl (C=O) groups is 3. The molecule has 2 aliphatic heterocycles. The largest absolute Gasteiger partial charge is 0.486 e. The number of benzene rings is 1. The maximum absolute atomic E-state index is 13.2. The van der Waals surface area contributed by atoms with Crippen LogP contribution in [0.15, 0.2) is 18.2 Å². The molecule has 1 saturated heterocycles. The van der Waals surface area contributed by atoms with E-state index in [0.717, 1.165) is 17.7 Å². The predicted octanol–water partition coefficient (Wildman–Crippen LogP) is 2.65. The van der Waals surface area contributed by atoms with Crippen molar-refractivity contribution in [1.29, 1.82) is 0 Å². The molecule has 0 aromatic heterocycles. The van der Waals surface area contributed by atoms with Gasteiger partial charge in [-0.1, -0.05) is 19.9 Å². The molecule has 0 radical (unpaired) electrons. The van der Waals surface area contributed by atoms with Crippen molar-refractivity contribution in [2.24, 2.45) is 0 Å². The maximum Gasteiger partial charge on any atom is 0.325 e. The summed E-state index contributed by atoms with van der Waals surface area (Å²) in [6.45, 7) is 10.3. The van der Waals surface area contributed by atoms with Gasteiger partial charge in [0.2, 0.25) is 5.91 Å².